The van der Waals surface area contributed by atoms with Gasteiger partial charge >= 0.3 is 5.97 Å². The predicted molar refractivity (Wildman–Crippen MR) is 421 cm³/mol. The molecular formula is C83H105N13O15S. The summed E-state index contributed by atoms with van der Waals surface area (Å²) in [6, 6.07) is 28.8. The van der Waals surface area contributed by atoms with E-state index in [0.717, 1.165) is 27.8 Å². The Morgan fingerprint density at radius 1 is 0.598 bits per heavy atom. The van der Waals surface area contributed by atoms with Crippen LogP contribution in [-0.4, -0.2) is 192 Å². The van der Waals surface area contributed by atoms with Crippen molar-refractivity contribution in [2.75, 3.05) is 40.0 Å². The molecule has 6 aliphatic heterocycles. The van der Waals surface area contributed by atoms with E-state index in [1.54, 1.807) is 103 Å². The quantitative estimate of drug-likeness (QED) is 0.0583. The van der Waals surface area contributed by atoms with Crippen LogP contribution in [0.4, 0.5) is 0 Å². The molecule has 598 valence electrons. The lowest BCUT2D eigenvalue weighted by Gasteiger charge is -2.36. The molecule has 0 unspecified atom stereocenters. The number of carboxylic acids is 1. The van der Waals surface area contributed by atoms with Crippen molar-refractivity contribution in [3.8, 4) is 11.5 Å². The molecule has 2 fully saturated rings. The van der Waals surface area contributed by atoms with E-state index in [4.69, 9.17) is 9.47 Å². The largest absolute Gasteiger partial charge is 0.494 e. The topological polar surface area (TPSA) is 377 Å². The van der Waals surface area contributed by atoms with Crippen LogP contribution in [0.25, 0.3) is 21.5 Å². The zero-order valence-corrected chi connectivity index (χ0v) is 66.2. The Labute approximate surface area is 653 Å². The van der Waals surface area contributed by atoms with Gasteiger partial charge in [0.15, 0.2) is 5.78 Å². The number of ether oxygens (including phenoxy) is 2. The van der Waals surface area contributed by atoms with Crippen LogP contribution in [0.5, 0.6) is 11.5 Å². The van der Waals surface area contributed by atoms with Crippen molar-refractivity contribution >= 4 is 90.6 Å². The third kappa shape index (κ3) is 22.1. The number of nitrogens with zero attached hydrogens (tertiary/aromatic N) is 5. The number of Topliss-reactive ketones (excluding diaryl/α,β-unsaturated/α-hetero) is 1. The summed E-state index contributed by atoms with van der Waals surface area (Å²) in [5.41, 5.74) is 0.957. The number of rotatable bonds is 15. The molecule has 1 aromatic heterocycles. The van der Waals surface area contributed by atoms with Gasteiger partial charge in [0.2, 0.25) is 51.4 Å². The fraction of sp³-hybridized carbons (Fsp3) is 0.470. The highest BCUT2D eigenvalue weighted by atomic mass is 32.2. The maximum absolute atomic E-state index is 15.3. The van der Waals surface area contributed by atoms with Crippen molar-refractivity contribution in [2.45, 2.75) is 187 Å². The molecule has 0 spiro atoms. The van der Waals surface area contributed by atoms with Crippen LogP contribution in [0.1, 0.15) is 128 Å². The molecule has 7 heterocycles. The Kier molecular flexibility index (Phi) is 27.4. The van der Waals surface area contributed by atoms with Crippen LogP contribution < -0.4 is 51.4 Å². The van der Waals surface area contributed by atoms with Gasteiger partial charge in [-0.3, -0.25) is 52.7 Å². The summed E-state index contributed by atoms with van der Waals surface area (Å²) in [6.45, 7) is 14.2. The molecule has 0 saturated carbocycles. The number of aromatic nitrogens is 3. The van der Waals surface area contributed by atoms with E-state index in [9.17, 15) is 32.7 Å². The SMILES string of the molecule is CN[C@@H](C)C(=O)N[C@H](C(=O)N1C[C@@H]2C[C@H]1C(=O)N[C@@H](Cc1ccc3ccccc3c1)C(=O)C[C@H](C(=O)O)Cc1ccc(cc1)OCCCC[C@H]1C[C@@H](C(=O)N[C@@H](Cc3ccc4ccccc4c3)C(=O)N[C@H](C(=O)NS(C)(=O)=O)Cc3ccc(cc3)OCc3cn2nn3)N(C(=O)[C@@H](NC(=O)[C@H](C)NC)C(C)(C)C)C1)C(C)(C)C. The molecular weight excluding hydrogens is 1450 g/mol. The summed E-state index contributed by atoms with van der Waals surface area (Å²) in [4.78, 5) is 149. The van der Waals surface area contributed by atoms with Gasteiger partial charge in [0, 0.05) is 38.8 Å². The first-order chi connectivity index (χ1) is 53.1. The van der Waals surface area contributed by atoms with Crippen LogP contribution in [-0.2, 0) is 90.3 Å². The lowest BCUT2D eigenvalue weighted by molar-refractivity contribution is -0.145. The molecule has 6 aliphatic rings. The van der Waals surface area contributed by atoms with E-state index < -0.39 is 153 Å². The number of nitrogens with one attached hydrogen (secondary N) is 8. The number of carbonyl (C=O) groups is 10. The Morgan fingerprint density at radius 2 is 1.10 bits per heavy atom. The summed E-state index contributed by atoms with van der Waals surface area (Å²) in [5, 5.41) is 43.6. The van der Waals surface area contributed by atoms with E-state index in [-0.39, 0.29) is 70.7 Å². The van der Waals surface area contributed by atoms with Gasteiger partial charge in [-0.25, -0.2) is 13.1 Å². The van der Waals surface area contributed by atoms with Crippen molar-refractivity contribution < 1.29 is 70.9 Å². The normalized spacial score (nSPS) is 22.0. The molecule has 0 radical (unpaired) electrons. The number of fused-ring (bicyclic) bond motifs is 2. The van der Waals surface area contributed by atoms with E-state index in [1.807, 2.05) is 110 Å². The van der Waals surface area contributed by atoms with Gasteiger partial charge < -0.3 is 61.6 Å². The number of ketones is 1. The number of sulfonamides is 1. The number of hydrogen-bond acceptors (Lipinski definition) is 18. The van der Waals surface area contributed by atoms with Crippen LogP contribution in [0.3, 0.4) is 0 Å². The summed E-state index contributed by atoms with van der Waals surface area (Å²) in [5.74, 6) is -7.71. The minimum Gasteiger partial charge on any atom is -0.494 e. The highest BCUT2D eigenvalue weighted by Crippen LogP contribution is 2.35. The smallest absolute Gasteiger partial charge is 0.307 e. The van der Waals surface area contributed by atoms with Crippen molar-refractivity contribution in [2.24, 2.45) is 22.7 Å². The maximum Gasteiger partial charge on any atom is 0.307 e. The number of likely N-dealkylation sites (N-methyl/N-ethyl adjacent to an activating group) is 2. The molecule has 2 saturated heterocycles. The third-order valence-corrected chi connectivity index (χ3v) is 21.8. The van der Waals surface area contributed by atoms with Gasteiger partial charge in [0.1, 0.15) is 60.1 Å². The lowest BCUT2D eigenvalue weighted by Crippen LogP contribution is -2.61. The fourth-order valence-electron chi connectivity index (χ4n) is 14.5. The van der Waals surface area contributed by atoms with Crippen LogP contribution in [0, 0.1) is 22.7 Å². The second-order valence-corrected chi connectivity index (χ2v) is 33.8. The second-order valence-electron chi connectivity index (χ2n) is 32.1. The predicted octanol–water partition coefficient (Wildman–Crippen LogP) is 5.82. The number of carbonyl (C=O) groups excluding carboxylic acids is 9. The van der Waals surface area contributed by atoms with Gasteiger partial charge in [-0.15, -0.1) is 5.10 Å². The standard InChI is InChI=1S/C83H105N13O15S/c1-49(84-9)73(98)89-71(82(3,4)5)79(104)94-45-55-18-16-17-35-110-63-31-25-51(26-32-63)36-60(81(106)107)43-70(97)65(40-53-23-29-56-19-12-14-21-58(56)37-53)86-78(103)69-44-62(47-95(69)80(105)72(83(6,7)8)90-74(99)50(2)85-10)96-46-61(91-93-96)48-111-64-33-27-52(28-34-64)39-67(76(101)92-112(11,108)109)87-75(100)66(88-77(102)68(94)42-55)41-54-24-30-57-20-13-15-22-59(57)38-54/h12-15,19-34,37-38,46,49-50,55,60,62,65-69,71-72,84-85H,16-18,35-36,39-45,47-48H2,1-11H3,(H,86,103)(H,87,100)(H,88,102)(H,89,98)(H,90,99)(H,92,101)(H,106,107)/t49-,50-,55-,60+,62-,65-,66-,67-,68-,69-,71+,72+/m0/s1. The molecule has 112 heavy (non-hydrogen) atoms. The first-order valence-electron chi connectivity index (χ1n) is 38.2. The maximum atomic E-state index is 15.3. The number of aliphatic carboxylic acids is 1. The van der Waals surface area contributed by atoms with Crippen molar-refractivity contribution in [3.63, 3.8) is 0 Å². The van der Waals surface area contributed by atoms with Crippen molar-refractivity contribution in [3.05, 3.63) is 168 Å². The first-order valence-corrected chi connectivity index (χ1v) is 40.0. The van der Waals surface area contributed by atoms with Gasteiger partial charge in [-0.05, 0) is 151 Å². The molecule has 28 nitrogen and oxygen atoms in total. The minimum atomic E-state index is -4.20. The van der Waals surface area contributed by atoms with Gasteiger partial charge in [-0.2, -0.15) is 0 Å². The molecule has 13 rings (SSSR count). The Bertz CT molecular complexity index is 4690. The number of hydrogen-bond donors (Lipinski definition) is 9. The number of benzene rings is 6. The van der Waals surface area contributed by atoms with Gasteiger partial charge in [-0.1, -0.05) is 156 Å². The minimum absolute atomic E-state index is 0.0293. The molecule has 0 aliphatic carbocycles. The number of carboxylic acid groups (broad SMARTS) is 1. The molecule has 10 bridgehead atoms. The molecule has 8 amide bonds. The van der Waals surface area contributed by atoms with E-state index >= 15 is 28.8 Å². The Hall–Kier alpha value is -10.6. The second kappa shape index (κ2) is 36.7. The van der Waals surface area contributed by atoms with Crippen LogP contribution in [0.2, 0.25) is 0 Å². The summed E-state index contributed by atoms with van der Waals surface area (Å²) in [7, 11) is -0.963. The van der Waals surface area contributed by atoms with E-state index in [1.165, 1.54) is 14.5 Å². The average molecular weight is 1560 g/mol. The highest BCUT2D eigenvalue weighted by Gasteiger charge is 2.49. The number of amides is 8. The Morgan fingerprint density at radius 3 is 1.62 bits per heavy atom. The monoisotopic (exact) mass is 1560 g/mol. The van der Waals surface area contributed by atoms with Crippen molar-refractivity contribution in [1.29, 1.82) is 0 Å². The van der Waals surface area contributed by atoms with E-state index in [2.05, 4.69) is 47.5 Å². The molecule has 29 heteroatoms. The molecule has 9 N–H and O–H groups in total. The zero-order chi connectivity index (χ0) is 80.9. The summed E-state index contributed by atoms with van der Waals surface area (Å²) in [6.07, 6.45) is 3.28. The van der Waals surface area contributed by atoms with Crippen LogP contribution in [0.15, 0.2) is 140 Å². The summed E-state index contributed by atoms with van der Waals surface area (Å²) < 4.78 is 41.5. The summed E-state index contributed by atoms with van der Waals surface area (Å²) >= 11 is 0. The fourth-order valence-corrected chi connectivity index (χ4v) is 15.0. The lowest BCUT2D eigenvalue weighted by atomic mass is 9.85. The molecule has 6 aromatic carbocycles. The first kappa shape index (κ1) is 83.8. The zero-order valence-electron chi connectivity index (χ0n) is 65.4. The number of likely N-dealkylation sites (tertiary alicyclic amines) is 2. The van der Waals surface area contributed by atoms with E-state index in [0.29, 0.717) is 58.7 Å². The molecule has 12 atom stereocenters. The third-order valence-electron chi connectivity index (χ3n) is 21.2. The van der Waals surface area contributed by atoms with Crippen molar-refractivity contribution in [1.82, 2.24) is 66.7 Å². The Balaban J connectivity index is 0.981. The average Bonchev–Trinajstić information content (AvgIpc) is 1.62. The highest BCUT2D eigenvalue weighted by molar-refractivity contribution is 7.89. The molecule has 7 aromatic rings. The van der Waals surface area contributed by atoms with Gasteiger partial charge in [0.05, 0.1) is 49.1 Å². The van der Waals surface area contributed by atoms with Crippen LogP contribution >= 0.6 is 0 Å². The van der Waals surface area contributed by atoms with Gasteiger partial charge in [0.25, 0.3) is 5.91 Å².